The molecule has 0 bridgehead atoms. The standard InChI is InChI=1S/C7H5Br2O/c8-7(9)10-6-4-2-1-3-5-6/h2-5,7H. The summed E-state index contributed by atoms with van der Waals surface area (Å²) >= 11 is 6.39. The highest BCUT2D eigenvalue weighted by Gasteiger charge is 1.96. The van der Waals surface area contributed by atoms with Crippen molar-refractivity contribution >= 4 is 31.9 Å². The van der Waals surface area contributed by atoms with Gasteiger partial charge in [0.15, 0.2) is 0 Å². The molecule has 10 heavy (non-hydrogen) atoms. The van der Waals surface area contributed by atoms with Crippen LogP contribution in [0.15, 0.2) is 24.3 Å². The summed E-state index contributed by atoms with van der Waals surface area (Å²) in [6, 6.07) is 10.2. The van der Waals surface area contributed by atoms with Crippen LogP contribution in [-0.2, 0) is 0 Å². The molecule has 0 aliphatic heterocycles. The number of hydrogen-bond acceptors (Lipinski definition) is 1. The minimum Gasteiger partial charge on any atom is -0.469 e. The second-order valence-electron chi connectivity index (χ2n) is 1.61. The summed E-state index contributed by atoms with van der Waals surface area (Å²) in [5, 5.41) is 0. The van der Waals surface area contributed by atoms with Crippen molar-refractivity contribution in [3.8, 4) is 5.75 Å². The van der Waals surface area contributed by atoms with E-state index in [2.05, 4.69) is 37.9 Å². The molecule has 0 saturated carbocycles. The van der Waals surface area contributed by atoms with Gasteiger partial charge in [-0.3, -0.25) is 0 Å². The molecule has 0 saturated heterocycles. The van der Waals surface area contributed by atoms with E-state index in [9.17, 15) is 0 Å². The van der Waals surface area contributed by atoms with Crippen molar-refractivity contribution in [2.24, 2.45) is 0 Å². The maximum Gasteiger partial charge on any atom is 0.207 e. The maximum absolute atomic E-state index is 5.23. The molecule has 53 valence electrons. The van der Waals surface area contributed by atoms with Crippen molar-refractivity contribution in [3.63, 3.8) is 0 Å². The Morgan fingerprint density at radius 1 is 1.30 bits per heavy atom. The molecule has 1 aromatic carbocycles. The van der Waals surface area contributed by atoms with Crippen LogP contribution in [0, 0.1) is 6.07 Å². The number of halogens is 2. The van der Waals surface area contributed by atoms with Gasteiger partial charge in [0.05, 0.1) is 0 Å². The lowest BCUT2D eigenvalue weighted by Gasteiger charge is -2.04. The molecule has 3 heteroatoms. The lowest BCUT2D eigenvalue weighted by Crippen LogP contribution is -1.96. The third-order valence-corrected chi connectivity index (χ3v) is 1.29. The molecule has 0 unspecified atom stereocenters. The molecule has 0 atom stereocenters. The fourth-order valence-electron chi connectivity index (χ4n) is 0.553. The molecule has 0 fully saturated rings. The first kappa shape index (κ1) is 8.08. The van der Waals surface area contributed by atoms with Gasteiger partial charge in [-0.25, -0.2) is 0 Å². The average Bonchev–Trinajstić information content (AvgIpc) is 1.88. The van der Waals surface area contributed by atoms with E-state index in [0.717, 1.165) is 5.75 Å². The van der Waals surface area contributed by atoms with E-state index >= 15 is 0 Å². The first-order chi connectivity index (χ1) is 4.79. The molecular weight excluding hydrogens is 260 g/mol. The lowest BCUT2D eigenvalue weighted by atomic mass is 10.3. The summed E-state index contributed by atoms with van der Waals surface area (Å²) < 4.78 is 5.10. The van der Waals surface area contributed by atoms with Crippen LogP contribution in [0.3, 0.4) is 0 Å². The van der Waals surface area contributed by atoms with Gasteiger partial charge in [-0.05, 0) is 50.1 Å². The summed E-state index contributed by atoms with van der Waals surface area (Å²) in [5.74, 6) is 0.817. The number of benzene rings is 1. The summed E-state index contributed by atoms with van der Waals surface area (Å²) in [4.78, 5) is 0. The minimum absolute atomic E-state index is 0.123. The van der Waals surface area contributed by atoms with Crippen molar-refractivity contribution < 1.29 is 4.74 Å². The minimum atomic E-state index is -0.123. The number of rotatable bonds is 2. The Morgan fingerprint density at radius 3 is 2.40 bits per heavy atom. The summed E-state index contributed by atoms with van der Waals surface area (Å²) in [6.07, 6.45) is 0. The van der Waals surface area contributed by atoms with Crippen LogP contribution in [0.5, 0.6) is 5.75 Å². The first-order valence-corrected chi connectivity index (χ1v) is 4.53. The van der Waals surface area contributed by atoms with E-state index in [1.807, 2.05) is 12.1 Å². The Bertz CT molecular complexity index is 186. The third-order valence-electron chi connectivity index (χ3n) is 0.913. The largest absolute Gasteiger partial charge is 0.469 e. The lowest BCUT2D eigenvalue weighted by molar-refractivity contribution is 0.376. The molecule has 1 aromatic rings. The Labute approximate surface area is 76.6 Å². The summed E-state index contributed by atoms with van der Waals surface area (Å²) in [7, 11) is 0. The average molecular weight is 265 g/mol. The van der Waals surface area contributed by atoms with Gasteiger partial charge in [0.1, 0.15) is 5.75 Å². The molecule has 0 heterocycles. The van der Waals surface area contributed by atoms with Crippen molar-refractivity contribution in [2.45, 2.75) is 3.92 Å². The van der Waals surface area contributed by atoms with Crippen molar-refractivity contribution in [1.29, 1.82) is 0 Å². The fraction of sp³-hybridized carbons (Fsp3) is 0.143. The molecular formula is C7H5Br2O. The fourth-order valence-corrected chi connectivity index (χ4v) is 0.985. The van der Waals surface area contributed by atoms with E-state index < -0.39 is 0 Å². The van der Waals surface area contributed by atoms with Gasteiger partial charge >= 0.3 is 0 Å². The van der Waals surface area contributed by atoms with Crippen LogP contribution in [0.1, 0.15) is 0 Å². The molecule has 0 spiro atoms. The molecule has 1 radical (unpaired) electrons. The Balaban J connectivity index is 2.59. The normalized spacial score (nSPS) is 9.90. The molecule has 0 amide bonds. The van der Waals surface area contributed by atoms with Gasteiger partial charge in [-0.1, -0.05) is 12.1 Å². The van der Waals surface area contributed by atoms with Gasteiger partial charge in [-0.2, -0.15) is 0 Å². The zero-order chi connectivity index (χ0) is 7.40. The zero-order valence-electron chi connectivity index (χ0n) is 5.05. The van der Waals surface area contributed by atoms with Crippen LogP contribution >= 0.6 is 31.9 Å². The quantitative estimate of drug-likeness (QED) is 0.747. The molecule has 0 aliphatic carbocycles. The smallest absolute Gasteiger partial charge is 0.207 e. The van der Waals surface area contributed by atoms with Gasteiger partial charge in [0.2, 0.25) is 3.92 Å². The highest BCUT2D eigenvalue weighted by atomic mass is 79.9. The SMILES string of the molecule is BrC(Br)Oc1cc[c]cc1. The number of alkyl halides is 2. The highest BCUT2D eigenvalue weighted by molar-refractivity contribution is 9.24. The molecule has 1 nitrogen and oxygen atoms in total. The second-order valence-corrected chi connectivity index (χ2v) is 4.51. The van der Waals surface area contributed by atoms with Gasteiger partial charge in [-0.15, -0.1) is 0 Å². The first-order valence-electron chi connectivity index (χ1n) is 2.70. The summed E-state index contributed by atoms with van der Waals surface area (Å²) in [6.45, 7) is 0. The van der Waals surface area contributed by atoms with E-state index in [1.54, 1.807) is 12.1 Å². The Kier molecular flexibility index (Phi) is 3.22. The Hall–Kier alpha value is -0.0200. The van der Waals surface area contributed by atoms with Crippen molar-refractivity contribution in [1.82, 2.24) is 0 Å². The van der Waals surface area contributed by atoms with Gasteiger partial charge in [0.25, 0.3) is 0 Å². The van der Waals surface area contributed by atoms with E-state index in [0.29, 0.717) is 0 Å². The van der Waals surface area contributed by atoms with E-state index in [1.165, 1.54) is 0 Å². The van der Waals surface area contributed by atoms with Crippen LogP contribution in [0.4, 0.5) is 0 Å². The third kappa shape index (κ3) is 2.71. The molecule has 1 rings (SSSR count). The zero-order valence-corrected chi connectivity index (χ0v) is 8.22. The van der Waals surface area contributed by atoms with Gasteiger partial charge < -0.3 is 4.74 Å². The van der Waals surface area contributed by atoms with Crippen LogP contribution < -0.4 is 4.74 Å². The molecule has 0 aromatic heterocycles. The van der Waals surface area contributed by atoms with Crippen LogP contribution in [-0.4, -0.2) is 3.92 Å². The summed E-state index contributed by atoms with van der Waals surface area (Å²) in [5.41, 5.74) is 0. The monoisotopic (exact) mass is 263 g/mol. The topological polar surface area (TPSA) is 9.23 Å². The van der Waals surface area contributed by atoms with Crippen LogP contribution in [0.25, 0.3) is 0 Å². The number of ether oxygens (including phenoxy) is 1. The van der Waals surface area contributed by atoms with E-state index in [4.69, 9.17) is 4.74 Å². The maximum atomic E-state index is 5.23. The predicted octanol–water partition coefficient (Wildman–Crippen LogP) is 2.94. The van der Waals surface area contributed by atoms with Crippen LogP contribution in [0.2, 0.25) is 0 Å². The second kappa shape index (κ2) is 3.98. The predicted molar refractivity (Wildman–Crippen MR) is 47.5 cm³/mol. The van der Waals surface area contributed by atoms with E-state index in [-0.39, 0.29) is 3.92 Å². The van der Waals surface area contributed by atoms with Gasteiger partial charge in [0, 0.05) is 0 Å². The highest BCUT2D eigenvalue weighted by Crippen LogP contribution is 2.16. The number of hydrogen-bond donors (Lipinski definition) is 0. The van der Waals surface area contributed by atoms with Crippen molar-refractivity contribution in [3.05, 3.63) is 30.3 Å². The van der Waals surface area contributed by atoms with Crippen molar-refractivity contribution in [2.75, 3.05) is 0 Å². The Morgan fingerprint density at radius 2 is 1.90 bits per heavy atom. The molecule has 0 N–H and O–H groups in total. The molecule has 0 aliphatic rings.